The van der Waals surface area contributed by atoms with Crippen molar-refractivity contribution in [2.45, 2.75) is 58.1 Å². The van der Waals surface area contributed by atoms with Crippen LogP contribution in [0.15, 0.2) is 30.3 Å². The number of hydroxylamine groups is 2. The molecule has 0 bridgehead atoms. The van der Waals surface area contributed by atoms with E-state index in [0.717, 1.165) is 0 Å². The first kappa shape index (κ1) is 19.6. The van der Waals surface area contributed by atoms with E-state index in [2.05, 4.69) is 39.2 Å². The molecule has 1 aliphatic heterocycles. The van der Waals surface area contributed by atoms with Crippen molar-refractivity contribution < 1.29 is 19.2 Å². The van der Waals surface area contributed by atoms with Gasteiger partial charge < -0.3 is 9.74 Å². The second kappa shape index (κ2) is 6.90. The third kappa shape index (κ3) is 3.94. The molecular formula is C18H28N2O4Si. The Morgan fingerprint density at radius 3 is 2.32 bits per heavy atom. The average Bonchev–Trinajstić information content (AvgIpc) is 2.50. The zero-order valence-electron chi connectivity index (χ0n) is 15.7. The van der Waals surface area contributed by atoms with Crippen molar-refractivity contribution in [2.24, 2.45) is 5.92 Å². The van der Waals surface area contributed by atoms with Crippen LogP contribution in [0.5, 0.6) is 0 Å². The molecule has 0 saturated carbocycles. The SMILES string of the molecule is C[C@@H](O[Si](C)(C)C(C)(C)C)[C@H]1C(=O)N[C@@H]1N(O)C(=O)c1ccccc1. The van der Waals surface area contributed by atoms with Crippen LogP contribution in [0.25, 0.3) is 0 Å². The Balaban J connectivity index is 2.11. The van der Waals surface area contributed by atoms with Gasteiger partial charge in [0.15, 0.2) is 8.32 Å². The molecule has 138 valence electrons. The van der Waals surface area contributed by atoms with E-state index in [4.69, 9.17) is 4.43 Å². The number of nitrogens with one attached hydrogen (secondary N) is 1. The van der Waals surface area contributed by atoms with E-state index in [1.807, 2.05) is 6.92 Å². The molecule has 1 aliphatic rings. The molecule has 1 aromatic carbocycles. The maximum absolute atomic E-state index is 12.4. The Hall–Kier alpha value is -1.70. The van der Waals surface area contributed by atoms with Crippen LogP contribution in [0, 0.1) is 5.92 Å². The van der Waals surface area contributed by atoms with E-state index >= 15 is 0 Å². The summed E-state index contributed by atoms with van der Waals surface area (Å²) in [6.45, 7) is 12.4. The molecule has 3 atom stereocenters. The first-order chi connectivity index (χ1) is 11.5. The van der Waals surface area contributed by atoms with Crippen LogP contribution in [-0.2, 0) is 9.22 Å². The molecule has 0 radical (unpaired) electrons. The first-order valence-corrected chi connectivity index (χ1v) is 11.4. The standard InChI is InChI=1S/C18H28N2O4Si/c1-12(24-25(5,6)18(2,3)4)14-15(19-16(14)21)20(23)17(22)13-10-8-7-9-11-13/h7-12,14-15,23H,1-6H3,(H,19,21)/t12-,14-,15-/m1/s1. The third-order valence-electron chi connectivity index (χ3n) is 5.22. The number of nitrogens with zero attached hydrogens (tertiary/aromatic N) is 1. The number of amides is 2. The topological polar surface area (TPSA) is 78.9 Å². The van der Waals surface area contributed by atoms with Gasteiger partial charge in [0.05, 0.1) is 6.10 Å². The van der Waals surface area contributed by atoms with Crippen LogP contribution in [-0.4, -0.2) is 42.7 Å². The van der Waals surface area contributed by atoms with Gasteiger partial charge in [0.2, 0.25) is 5.91 Å². The highest BCUT2D eigenvalue weighted by atomic mass is 28.4. The molecule has 1 heterocycles. The van der Waals surface area contributed by atoms with E-state index in [1.54, 1.807) is 30.3 Å². The number of β-lactam (4-membered cyclic amide) rings is 1. The molecule has 1 fully saturated rings. The zero-order valence-corrected chi connectivity index (χ0v) is 16.7. The smallest absolute Gasteiger partial charge is 0.279 e. The predicted octanol–water partition coefficient (Wildman–Crippen LogP) is 3.00. The molecule has 0 aliphatic carbocycles. The second-order valence-corrected chi connectivity index (χ2v) is 12.8. The highest BCUT2D eigenvalue weighted by Gasteiger charge is 2.50. The molecule has 0 unspecified atom stereocenters. The summed E-state index contributed by atoms with van der Waals surface area (Å²) in [4.78, 5) is 24.4. The largest absolute Gasteiger partial charge is 0.413 e. The van der Waals surface area contributed by atoms with Crippen molar-refractivity contribution in [1.82, 2.24) is 10.4 Å². The Bertz CT molecular complexity index is 642. The van der Waals surface area contributed by atoms with Gasteiger partial charge in [-0.1, -0.05) is 39.0 Å². The van der Waals surface area contributed by atoms with Gasteiger partial charge in [0.25, 0.3) is 5.91 Å². The summed E-state index contributed by atoms with van der Waals surface area (Å²) in [5, 5.41) is 13.5. The van der Waals surface area contributed by atoms with Crippen LogP contribution in [0.4, 0.5) is 0 Å². The van der Waals surface area contributed by atoms with Gasteiger partial charge >= 0.3 is 0 Å². The van der Waals surface area contributed by atoms with Gasteiger partial charge in [0.1, 0.15) is 12.1 Å². The molecule has 0 spiro atoms. The second-order valence-electron chi connectivity index (χ2n) is 8.08. The normalized spacial score (nSPS) is 22.0. The van der Waals surface area contributed by atoms with Crippen LogP contribution in [0.2, 0.25) is 18.1 Å². The monoisotopic (exact) mass is 364 g/mol. The Morgan fingerprint density at radius 1 is 1.28 bits per heavy atom. The lowest BCUT2D eigenvalue weighted by atomic mass is 9.91. The Kier molecular flexibility index (Phi) is 5.41. The first-order valence-electron chi connectivity index (χ1n) is 8.51. The van der Waals surface area contributed by atoms with Crippen LogP contribution in [0.3, 0.4) is 0 Å². The minimum atomic E-state index is -2.06. The number of hydrogen-bond acceptors (Lipinski definition) is 4. The molecule has 25 heavy (non-hydrogen) atoms. The van der Waals surface area contributed by atoms with Crippen molar-refractivity contribution in [3.8, 4) is 0 Å². The lowest BCUT2D eigenvalue weighted by molar-refractivity contribution is -0.175. The fraction of sp³-hybridized carbons (Fsp3) is 0.556. The molecule has 2 N–H and O–H groups in total. The van der Waals surface area contributed by atoms with E-state index in [-0.39, 0.29) is 10.9 Å². The molecule has 1 saturated heterocycles. The summed E-state index contributed by atoms with van der Waals surface area (Å²) >= 11 is 0. The van der Waals surface area contributed by atoms with Crippen molar-refractivity contribution in [3.63, 3.8) is 0 Å². The van der Waals surface area contributed by atoms with Crippen LogP contribution < -0.4 is 5.32 Å². The van der Waals surface area contributed by atoms with E-state index in [9.17, 15) is 14.8 Å². The summed E-state index contributed by atoms with van der Waals surface area (Å²) in [6, 6.07) is 8.48. The highest BCUT2D eigenvalue weighted by molar-refractivity contribution is 6.74. The summed E-state index contributed by atoms with van der Waals surface area (Å²) in [5.41, 5.74) is 0.364. The Morgan fingerprint density at radius 2 is 1.84 bits per heavy atom. The van der Waals surface area contributed by atoms with Gasteiger partial charge in [-0.05, 0) is 37.2 Å². The quantitative estimate of drug-likeness (QED) is 0.364. The van der Waals surface area contributed by atoms with Crippen molar-refractivity contribution in [1.29, 1.82) is 0 Å². The molecule has 2 amide bonds. The number of benzene rings is 1. The summed E-state index contributed by atoms with van der Waals surface area (Å²) < 4.78 is 6.27. The molecule has 2 rings (SSSR count). The lowest BCUT2D eigenvalue weighted by Crippen LogP contribution is -2.70. The number of rotatable bonds is 5. The van der Waals surface area contributed by atoms with Gasteiger partial charge in [0, 0.05) is 5.56 Å². The summed E-state index contributed by atoms with van der Waals surface area (Å²) in [7, 11) is -2.06. The lowest BCUT2D eigenvalue weighted by Gasteiger charge is -2.46. The van der Waals surface area contributed by atoms with Crippen LogP contribution >= 0.6 is 0 Å². The van der Waals surface area contributed by atoms with Crippen molar-refractivity contribution in [2.75, 3.05) is 0 Å². The maximum Gasteiger partial charge on any atom is 0.279 e. The van der Waals surface area contributed by atoms with Gasteiger partial charge in [-0.15, -0.1) is 0 Å². The van der Waals surface area contributed by atoms with Gasteiger partial charge in [-0.25, -0.2) is 0 Å². The highest BCUT2D eigenvalue weighted by Crippen LogP contribution is 2.39. The minimum Gasteiger partial charge on any atom is -0.413 e. The van der Waals surface area contributed by atoms with E-state index in [1.165, 1.54) is 0 Å². The summed E-state index contributed by atoms with van der Waals surface area (Å²) in [6.07, 6.45) is -1.17. The fourth-order valence-corrected chi connectivity index (χ4v) is 4.05. The third-order valence-corrected chi connectivity index (χ3v) is 9.79. The van der Waals surface area contributed by atoms with Crippen molar-refractivity contribution >= 4 is 20.1 Å². The molecular weight excluding hydrogens is 336 g/mol. The minimum absolute atomic E-state index is 0.00966. The maximum atomic E-state index is 12.4. The van der Waals surface area contributed by atoms with E-state index in [0.29, 0.717) is 10.6 Å². The van der Waals surface area contributed by atoms with Gasteiger partial charge in [-0.3, -0.25) is 14.8 Å². The molecule has 7 heteroatoms. The van der Waals surface area contributed by atoms with Crippen molar-refractivity contribution in [3.05, 3.63) is 35.9 Å². The van der Waals surface area contributed by atoms with Crippen LogP contribution in [0.1, 0.15) is 38.1 Å². The van der Waals surface area contributed by atoms with Gasteiger partial charge in [-0.2, -0.15) is 5.06 Å². The number of hydrogen-bond donors (Lipinski definition) is 2. The zero-order chi connectivity index (χ0) is 19.0. The van der Waals surface area contributed by atoms with E-state index < -0.39 is 32.4 Å². The number of carbonyl (C=O) groups is 2. The fourth-order valence-electron chi connectivity index (χ4n) is 2.62. The molecule has 1 aromatic rings. The predicted molar refractivity (Wildman–Crippen MR) is 97.6 cm³/mol. The Labute approximate surface area is 150 Å². The number of carbonyl (C=O) groups excluding carboxylic acids is 2. The average molecular weight is 365 g/mol. The summed E-state index contributed by atoms with van der Waals surface area (Å²) in [5.74, 6) is -1.35. The molecule has 0 aromatic heterocycles. The molecule has 6 nitrogen and oxygen atoms in total.